The van der Waals surface area contributed by atoms with Gasteiger partial charge in [0.2, 0.25) is 0 Å². The third kappa shape index (κ3) is 6.71. The molecular weight excluding hydrogens is 448 g/mol. The van der Waals surface area contributed by atoms with E-state index in [1.54, 1.807) is 6.20 Å². The third-order valence-electron chi connectivity index (χ3n) is 6.24. The maximum Gasteiger partial charge on any atom is 0.151 e. The first-order chi connectivity index (χ1) is 16.6. The van der Waals surface area contributed by atoms with Crippen LogP contribution in [0.1, 0.15) is 59.5 Å². The van der Waals surface area contributed by atoms with Crippen molar-refractivity contribution in [1.82, 2.24) is 20.6 Å². The van der Waals surface area contributed by atoms with E-state index in [0.717, 1.165) is 65.3 Å². The highest BCUT2D eigenvalue weighted by atomic mass is 16.5. The standard InChI is InChI=1S/C29H28N4O.CH4.H2O/c1-20-25(15-24(18-32-20)16-27-11-13-30-27)9-7-22-3-5-23(6-4-22)8-10-26-17-28(19-33-21(26)2)34-29-12-14-31-29;;/h3-6,15,17-19,27,29-31H,11-14,16H2,1-2H3;1H4;1H2. The van der Waals surface area contributed by atoms with Gasteiger partial charge in [-0.25, -0.2) is 0 Å². The molecule has 2 fully saturated rings. The van der Waals surface area contributed by atoms with Gasteiger partial charge in [-0.3, -0.25) is 15.3 Å². The summed E-state index contributed by atoms with van der Waals surface area (Å²) in [6.07, 6.45) is 7.07. The van der Waals surface area contributed by atoms with E-state index in [9.17, 15) is 0 Å². The van der Waals surface area contributed by atoms with Crippen LogP contribution in [0.15, 0.2) is 48.8 Å². The van der Waals surface area contributed by atoms with Gasteiger partial charge in [0.15, 0.2) is 6.23 Å². The van der Waals surface area contributed by atoms with Gasteiger partial charge >= 0.3 is 0 Å². The first-order valence-corrected chi connectivity index (χ1v) is 11.8. The van der Waals surface area contributed by atoms with Gasteiger partial charge in [-0.1, -0.05) is 31.1 Å². The predicted octanol–water partition coefficient (Wildman–Crippen LogP) is 3.31. The first kappa shape index (κ1) is 26.9. The average Bonchev–Trinajstić information content (AvgIpc) is 2.79. The number of nitrogens with zero attached hydrogens (tertiary/aromatic N) is 2. The molecule has 0 aliphatic carbocycles. The monoisotopic (exact) mass is 482 g/mol. The van der Waals surface area contributed by atoms with Crippen molar-refractivity contribution in [3.05, 3.63) is 88.0 Å². The molecule has 0 spiro atoms. The first-order valence-electron chi connectivity index (χ1n) is 11.8. The number of ether oxygens (including phenoxy) is 1. The summed E-state index contributed by atoms with van der Waals surface area (Å²) in [5.41, 5.74) is 6.85. The molecule has 2 atom stereocenters. The fourth-order valence-electron chi connectivity index (χ4n) is 3.77. The van der Waals surface area contributed by atoms with E-state index in [4.69, 9.17) is 4.74 Å². The summed E-state index contributed by atoms with van der Waals surface area (Å²) < 4.78 is 5.86. The van der Waals surface area contributed by atoms with Crippen molar-refractivity contribution in [2.75, 3.05) is 13.1 Å². The summed E-state index contributed by atoms with van der Waals surface area (Å²) in [6.45, 7) is 6.08. The molecule has 2 unspecified atom stereocenters. The van der Waals surface area contributed by atoms with Crippen molar-refractivity contribution in [3.8, 4) is 29.4 Å². The van der Waals surface area contributed by atoms with Crippen LogP contribution < -0.4 is 15.4 Å². The Kier molecular flexibility index (Phi) is 9.22. The third-order valence-corrected chi connectivity index (χ3v) is 6.24. The van der Waals surface area contributed by atoms with Crippen molar-refractivity contribution in [2.24, 2.45) is 0 Å². The van der Waals surface area contributed by atoms with Crippen LogP contribution in [0, 0.1) is 37.5 Å². The van der Waals surface area contributed by atoms with Crippen LogP contribution in [-0.4, -0.2) is 40.8 Å². The minimum Gasteiger partial charge on any atom is -0.474 e. The number of hydrogen-bond acceptors (Lipinski definition) is 5. The second-order valence-corrected chi connectivity index (χ2v) is 8.85. The Hall–Kier alpha value is -3.68. The molecule has 0 bridgehead atoms. The van der Waals surface area contributed by atoms with Gasteiger partial charge in [-0.2, -0.15) is 0 Å². The maximum absolute atomic E-state index is 5.86. The molecule has 4 heterocycles. The highest BCUT2D eigenvalue weighted by molar-refractivity contribution is 5.50. The van der Waals surface area contributed by atoms with Crippen molar-refractivity contribution < 1.29 is 10.2 Å². The van der Waals surface area contributed by atoms with E-state index in [-0.39, 0.29) is 19.1 Å². The second-order valence-electron chi connectivity index (χ2n) is 8.85. The predicted molar refractivity (Wildman–Crippen MR) is 144 cm³/mol. The van der Waals surface area contributed by atoms with Gasteiger partial charge in [0, 0.05) is 47.5 Å². The van der Waals surface area contributed by atoms with Crippen LogP contribution in [0.25, 0.3) is 0 Å². The summed E-state index contributed by atoms with van der Waals surface area (Å²) in [6, 6.07) is 12.7. The molecule has 4 N–H and O–H groups in total. The zero-order valence-electron chi connectivity index (χ0n) is 20.1. The van der Waals surface area contributed by atoms with Gasteiger partial charge in [-0.05, 0) is 75.2 Å². The molecule has 0 saturated carbocycles. The number of hydrogen-bond donors (Lipinski definition) is 2. The zero-order valence-corrected chi connectivity index (χ0v) is 20.1. The van der Waals surface area contributed by atoms with Crippen LogP contribution in [0.5, 0.6) is 5.75 Å². The SMILES string of the molecule is C.Cc1ncc(CC2CCN2)cc1C#Cc1ccc(C#Cc2cc(OC3CCN3)cnc2C)cc1.O. The molecule has 5 rings (SSSR count). The highest BCUT2D eigenvalue weighted by Crippen LogP contribution is 2.18. The van der Waals surface area contributed by atoms with Crippen LogP contribution >= 0.6 is 0 Å². The molecule has 0 amide bonds. The normalized spacial score (nSPS) is 17.4. The van der Waals surface area contributed by atoms with E-state index in [1.807, 2.05) is 50.4 Å². The Labute approximate surface area is 214 Å². The van der Waals surface area contributed by atoms with Crippen LogP contribution in [-0.2, 0) is 6.42 Å². The van der Waals surface area contributed by atoms with Crippen molar-refractivity contribution in [2.45, 2.75) is 52.8 Å². The van der Waals surface area contributed by atoms with Crippen LogP contribution in [0.2, 0.25) is 0 Å². The van der Waals surface area contributed by atoms with E-state index in [0.29, 0.717) is 6.04 Å². The fraction of sp³-hybridized carbons (Fsp3) is 0.333. The van der Waals surface area contributed by atoms with Crippen molar-refractivity contribution in [3.63, 3.8) is 0 Å². The second kappa shape index (κ2) is 12.3. The van der Waals surface area contributed by atoms with E-state index < -0.39 is 0 Å². The Morgan fingerprint density at radius 2 is 1.39 bits per heavy atom. The molecule has 1 aromatic carbocycles. The minimum absolute atomic E-state index is 0. The smallest absolute Gasteiger partial charge is 0.151 e. The number of nitrogens with one attached hydrogen (secondary N) is 2. The van der Waals surface area contributed by atoms with E-state index in [1.165, 1.54) is 12.0 Å². The molecule has 3 aromatic rings. The van der Waals surface area contributed by atoms with Gasteiger partial charge in [-0.15, -0.1) is 0 Å². The van der Waals surface area contributed by atoms with Gasteiger partial charge in [0.05, 0.1) is 17.6 Å². The van der Waals surface area contributed by atoms with Crippen molar-refractivity contribution >= 4 is 0 Å². The molecule has 2 aliphatic heterocycles. The van der Waals surface area contributed by atoms with Crippen LogP contribution in [0.4, 0.5) is 0 Å². The summed E-state index contributed by atoms with van der Waals surface area (Å²) >= 11 is 0. The summed E-state index contributed by atoms with van der Waals surface area (Å²) in [4.78, 5) is 8.97. The average molecular weight is 483 g/mol. The maximum atomic E-state index is 5.86. The van der Waals surface area contributed by atoms with E-state index in [2.05, 4.69) is 50.3 Å². The largest absolute Gasteiger partial charge is 0.474 e. The van der Waals surface area contributed by atoms with Gasteiger partial charge in [0.1, 0.15) is 5.75 Å². The molecule has 2 saturated heterocycles. The molecular formula is C30H34N4O2. The quantitative estimate of drug-likeness (QED) is 0.557. The Balaban J connectivity index is 0.00000180. The number of rotatable bonds is 4. The topological polar surface area (TPSA) is 90.6 Å². The Morgan fingerprint density at radius 3 is 1.92 bits per heavy atom. The molecule has 36 heavy (non-hydrogen) atoms. The molecule has 0 radical (unpaired) electrons. The van der Waals surface area contributed by atoms with Crippen LogP contribution in [0.3, 0.4) is 0 Å². The lowest BCUT2D eigenvalue weighted by Gasteiger charge is -2.28. The molecule has 6 nitrogen and oxygen atoms in total. The number of pyridine rings is 2. The number of benzene rings is 1. The lowest BCUT2D eigenvalue weighted by atomic mass is 9.98. The summed E-state index contributed by atoms with van der Waals surface area (Å²) in [5, 5.41) is 6.67. The molecule has 2 aromatic heterocycles. The molecule has 186 valence electrons. The summed E-state index contributed by atoms with van der Waals surface area (Å²) in [7, 11) is 0. The van der Waals surface area contributed by atoms with Crippen molar-refractivity contribution in [1.29, 1.82) is 0 Å². The van der Waals surface area contributed by atoms with Gasteiger partial charge < -0.3 is 15.5 Å². The molecule has 6 heteroatoms. The fourth-order valence-corrected chi connectivity index (χ4v) is 3.77. The lowest BCUT2D eigenvalue weighted by Crippen LogP contribution is -2.46. The minimum atomic E-state index is 0. The molecule has 2 aliphatic rings. The highest BCUT2D eigenvalue weighted by Gasteiger charge is 2.18. The number of aromatic nitrogens is 2. The Bertz CT molecular complexity index is 1200. The zero-order chi connectivity index (χ0) is 23.3. The number of aryl methyl sites for hydroxylation is 2. The van der Waals surface area contributed by atoms with E-state index >= 15 is 0 Å². The van der Waals surface area contributed by atoms with Gasteiger partial charge in [0.25, 0.3) is 0 Å². The summed E-state index contributed by atoms with van der Waals surface area (Å²) in [5.74, 6) is 13.8. The Morgan fingerprint density at radius 1 is 0.833 bits per heavy atom. The lowest BCUT2D eigenvalue weighted by molar-refractivity contribution is 0.0982.